The zero-order chi connectivity index (χ0) is 13.4. The third-order valence-electron chi connectivity index (χ3n) is 3.03. The first kappa shape index (κ1) is 12.4. The van der Waals surface area contributed by atoms with Crippen LogP contribution in [0.15, 0.2) is 17.3 Å². The normalized spacial score (nSPS) is 17.3. The van der Waals surface area contributed by atoms with Crippen molar-refractivity contribution in [3.8, 4) is 17.1 Å². The van der Waals surface area contributed by atoms with Gasteiger partial charge in [-0.25, -0.2) is 9.37 Å². The molecule has 3 N–H and O–H groups in total. The first-order chi connectivity index (χ1) is 9.21. The smallest absolute Gasteiger partial charge is 0.208 e. The Morgan fingerprint density at radius 3 is 3.11 bits per heavy atom. The lowest BCUT2D eigenvalue weighted by molar-refractivity contribution is 0.242. The number of nitrogens with two attached hydrogens (primary N) is 1. The van der Waals surface area contributed by atoms with E-state index in [1.54, 1.807) is 0 Å². The van der Waals surface area contributed by atoms with Gasteiger partial charge in [-0.2, -0.15) is 0 Å². The Morgan fingerprint density at radius 1 is 1.58 bits per heavy atom. The fraction of sp³-hybridized carbons (Fsp3) is 0.333. The van der Waals surface area contributed by atoms with E-state index < -0.39 is 0 Å². The van der Waals surface area contributed by atoms with Crippen molar-refractivity contribution < 1.29 is 9.13 Å². The lowest BCUT2D eigenvalue weighted by Gasteiger charge is -2.09. The molecule has 3 rings (SSSR count). The summed E-state index contributed by atoms with van der Waals surface area (Å²) >= 11 is 1.42. The van der Waals surface area contributed by atoms with Crippen LogP contribution in [0.3, 0.4) is 0 Å². The average molecular weight is 280 g/mol. The van der Waals surface area contributed by atoms with Crippen molar-refractivity contribution in [2.45, 2.75) is 17.7 Å². The van der Waals surface area contributed by atoms with E-state index in [4.69, 9.17) is 10.5 Å². The molecule has 0 saturated heterocycles. The third kappa shape index (κ3) is 2.19. The van der Waals surface area contributed by atoms with E-state index >= 15 is 0 Å². The Morgan fingerprint density at radius 2 is 2.42 bits per heavy atom. The number of halogens is 1. The molecule has 1 aliphatic heterocycles. The zero-order valence-electron chi connectivity index (χ0n) is 10.3. The van der Waals surface area contributed by atoms with Gasteiger partial charge in [-0.15, -0.1) is 5.10 Å². The van der Waals surface area contributed by atoms with Crippen LogP contribution in [-0.2, 0) is 6.42 Å². The molecule has 1 aromatic carbocycles. The molecule has 1 aliphatic rings. The lowest BCUT2D eigenvalue weighted by atomic mass is 10.1. The minimum atomic E-state index is -0.308. The molecule has 1 atom stereocenters. The van der Waals surface area contributed by atoms with Crippen LogP contribution in [0.1, 0.15) is 5.56 Å². The topological polar surface area (TPSA) is 76.8 Å². The Bertz CT molecular complexity index is 616. The first-order valence-corrected chi connectivity index (χ1v) is 7.09. The maximum atomic E-state index is 13.7. The van der Waals surface area contributed by atoms with Crippen LogP contribution in [-0.4, -0.2) is 34.1 Å². The molecule has 0 aliphatic carbocycles. The predicted octanol–water partition coefficient (Wildman–Crippen LogP) is 1.59. The van der Waals surface area contributed by atoms with E-state index in [9.17, 15) is 4.39 Å². The summed E-state index contributed by atoms with van der Waals surface area (Å²) in [6.45, 7) is 0.405. The van der Waals surface area contributed by atoms with Gasteiger partial charge in [-0.1, -0.05) is 11.8 Å². The molecule has 2 aromatic rings. The van der Waals surface area contributed by atoms with Crippen molar-refractivity contribution in [3.05, 3.63) is 23.5 Å². The van der Waals surface area contributed by atoms with Gasteiger partial charge in [-0.3, -0.25) is 5.10 Å². The lowest BCUT2D eigenvalue weighted by Crippen LogP contribution is -2.24. The van der Waals surface area contributed by atoms with Crippen molar-refractivity contribution in [2.24, 2.45) is 5.73 Å². The fourth-order valence-electron chi connectivity index (χ4n) is 2.16. The summed E-state index contributed by atoms with van der Waals surface area (Å²) in [5.41, 5.74) is 7.03. The van der Waals surface area contributed by atoms with Crippen molar-refractivity contribution in [3.63, 3.8) is 0 Å². The van der Waals surface area contributed by atoms with E-state index in [-0.39, 0.29) is 11.9 Å². The number of thioether (sulfide) groups is 1. The number of hydrogen-bond acceptors (Lipinski definition) is 5. The summed E-state index contributed by atoms with van der Waals surface area (Å²) in [7, 11) is 0. The highest BCUT2D eigenvalue weighted by Gasteiger charge is 2.27. The molecule has 19 heavy (non-hydrogen) atoms. The molecule has 0 fully saturated rings. The molecule has 0 saturated carbocycles. The van der Waals surface area contributed by atoms with Crippen LogP contribution < -0.4 is 10.5 Å². The van der Waals surface area contributed by atoms with Gasteiger partial charge in [0.05, 0.1) is 5.56 Å². The van der Waals surface area contributed by atoms with Gasteiger partial charge in [0.2, 0.25) is 5.16 Å². The molecule has 0 radical (unpaired) electrons. The van der Waals surface area contributed by atoms with Gasteiger partial charge in [0.25, 0.3) is 0 Å². The largest absolute Gasteiger partial charge is 0.488 e. The number of rotatable bonds is 3. The van der Waals surface area contributed by atoms with E-state index in [0.29, 0.717) is 35.3 Å². The Balaban J connectivity index is 2.07. The fourth-order valence-corrected chi connectivity index (χ4v) is 2.48. The average Bonchev–Trinajstić information content (AvgIpc) is 3.03. The minimum absolute atomic E-state index is 0.0986. The number of ether oxygens (including phenoxy) is 1. The Hall–Kier alpha value is -1.60. The maximum absolute atomic E-state index is 13.7. The summed E-state index contributed by atoms with van der Waals surface area (Å²) in [4.78, 5) is 4.29. The highest BCUT2D eigenvalue weighted by molar-refractivity contribution is 7.98. The summed E-state index contributed by atoms with van der Waals surface area (Å²) in [6, 6.07) is 2.89. The standard InChI is InChI=1S/C12H13FN4OS/c1-19-12-15-11(16-17-12)9-4-7(13)2-6-3-8(5-14)18-10(6)9/h2,4,8H,3,5,14H2,1H3,(H,15,16,17)/t8-/m0/s1. The minimum Gasteiger partial charge on any atom is -0.488 e. The summed E-state index contributed by atoms with van der Waals surface area (Å²) < 4.78 is 19.4. The van der Waals surface area contributed by atoms with Crippen molar-refractivity contribution >= 4 is 11.8 Å². The number of H-pyrrole nitrogens is 1. The van der Waals surface area contributed by atoms with Gasteiger partial charge in [0, 0.05) is 18.5 Å². The van der Waals surface area contributed by atoms with E-state index in [0.717, 1.165) is 5.56 Å². The van der Waals surface area contributed by atoms with Gasteiger partial charge >= 0.3 is 0 Å². The second kappa shape index (κ2) is 4.82. The van der Waals surface area contributed by atoms with Crippen LogP contribution in [0.25, 0.3) is 11.4 Å². The second-order valence-electron chi connectivity index (χ2n) is 4.29. The first-order valence-electron chi connectivity index (χ1n) is 5.87. The molecule has 0 spiro atoms. The molecular weight excluding hydrogens is 267 g/mol. The van der Waals surface area contributed by atoms with Crippen LogP contribution in [0.2, 0.25) is 0 Å². The molecule has 0 unspecified atom stereocenters. The summed E-state index contributed by atoms with van der Waals surface area (Å²) in [6.07, 6.45) is 2.41. The second-order valence-corrected chi connectivity index (χ2v) is 5.07. The quantitative estimate of drug-likeness (QED) is 0.835. The molecule has 2 heterocycles. The van der Waals surface area contributed by atoms with E-state index in [2.05, 4.69) is 15.2 Å². The van der Waals surface area contributed by atoms with Gasteiger partial charge in [-0.05, 0) is 18.4 Å². The number of hydrogen-bond donors (Lipinski definition) is 2. The highest BCUT2D eigenvalue weighted by atomic mass is 32.2. The number of aromatic amines is 1. The molecule has 100 valence electrons. The maximum Gasteiger partial charge on any atom is 0.208 e. The number of aromatic nitrogens is 3. The van der Waals surface area contributed by atoms with Gasteiger partial charge in [0.1, 0.15) is 17.7 Å². The van der Waals surface area contributed by atoms with Crippen LogP contribution in [0.5, 0.6) is 5.75 Å². The highest BCUT2D eigenvalue weighted by Crippen LogP contribution is 2.38. The SMILES string of the molecule is CSc1n[nH]c(-c2cc(F)cc3c2O[C@H](CN)C3)n1. The Kier molecular flexibility index (Phi) is 3.16. The third-order valence-corrected chi connectivity index (χ3v) is 3.58. The van der Waals surface area contributed by atoms with Crippen molar-refractivity contribution in [1.82, 2.24) is 15.2 Å². The van der Waals surface area contributed by atoms with E-state index in [1.807, 2.05) is 6.26 Å². The number of benzene rings is 1. The van der Waals surface area contributed by atoms with E-state index in [1.165, 1.54) is 23.9 Å². The monoisotopic (exact) mass is 280 g/mol. The zero-order valence-corrected chi connectivity index (χ0v) is 11.1. The van der Waals surface area contributed by atoms with Gasteiger partial charge < -0.3 is 10.5 Å². The van der Waals surface area contributed by atoms with Crippen molar-refractivity contribution in [1.29, 1.82) is 0 Å². The number of nitrogens with zero attached hydrogens (tertiary/aromatic N) is 2. The van der Waals surface area contributed by atoms with Crippen LogP contribution in [0, 0.1) is 5.82 Å². The number of fused-ring (bicyclic) bond motifs is 1. The summed E-state index contributed by atoms with van der Waals surface area (Å²) in [5, 5.41) is 7.44. The molecule has 5 nitrogen and oxygen atoms in total. The van der Waals surface area contributed by atoms with Crippen LogP contribution >= 0.6 is 11.8 Å². The van der Waals surface area contributed by atoms with Crippen LogP contribution in [0.4, 0.5) is 4.39 Å². The number of nitrogens with one attached hydrogen (secondary N) is 1. The molecular formula is C12H13FN4OS. The van der Waals surface area contributed by atoms with Crippen molar-refractivity contribution in [2.75, 3.05) is 12.8 Å². The molecule has 7 heteroatoms. The molecule has 0 bridgehead atoms. The predicted molar refractivity (Wildman–Crippen MR) is 70.7 cm³/mol. The van der Waals surface area contributed by atoms with Gasteiger partial charge in [0.15, 0.2) is 5.82 Å². The Labute approximate surface area is 113 Å². The molecule has 1 aromatic heterocycles. The summed E-state index contributed by atoms with van der Waals surface area (Å²) in [5.74, 6) is 0.857. The molecule has 0 amide bonds.